The van der Waals surface area contributed by atoms with Crippen LogP contribution in [0.3, 0.4) is 0 Å². The first kappa shape index (κ1) is 20.3. The van der Waals surface area contributed by atoms with Crippen molar-refractivity contribution in [3.05, 3.63) is 40.9 Å². The summed E-state index contributed by atoms with van der Waals surface area (Å²) in [4.78, 5) is 24.2. The lowest BCUT2D eigenvalue weighted by Crippen LogP contribution is -2.37. The first-order valence-electron chi connectivity index (χ1n) is 10.8. The van der Waals surface area contributed by atoms with Crippen molar-refractivity contribution in [2.45, 2.75) is 19.4 Å². The van der Waals surface area contributed by atoms with Crippen molar-refractivity contribution in [1.82, 2.24) is 14.5 Å². The van der Waals surface area contributed by atoms with Crippen molar-refractivity contribution in [1.29, 1.82) is 0 Å². The summed E-state index contributed by atoms with van der Waals surface area (Å²) in [6, 6.07) is 8.74. The van der Waals surface area contributed by atoms with E-state index in [1.807, 2.05) is 6.07 Å². The van der Waals surface area contributed by atoms with Gasteiger partial charge in [0.05, 0.1) is 0 Å². The van der Waals surface area contributed by atoms with Crippen LogP contribution in [0.1, 0.15) is 18.4 Å². The number of aromatic nitrogens is 1. The number of hydrogen-bond acceptors (Lipinski definition) is 6. The largest absolute Gasteiger partial charge is 0.492 e. The molecule has 0 radical (unpaired) electrons. The third kappa shape index (κ3) is 4.02. The van der Waals surface area contributed by atoms with Crippen LogP contribution in [0.15, 0.2) is 30.3 Å². The van der Waals surface area contributed by atoms with Gasteiger partial charge < -0.3 is 24.9 Å². The summed E-state index contributed by atoms with van der Waals surface area (Å²) in [5, 5.41) is 20.1. The third-order valence-electron chi connectivity index (χ3n) is 6.68. The fraction of sp³-hybridized carbons (Fsp3) is 0.500. The maximum absolute atomic E-state index is 12.5. The number of carbonyl (C=O) groups is 1. The summed E-state index contributed by atoms with van der Waals surface area (Å²) in [6.45, 7) is 6.13. The van der Waals surface area contributed by atoms with Crippen LogP contribution >= 0.6 is 11.6 Å². The molecule has 31 heavy (non-hydrogen) atoms. The maximum atomic E-state index is 12.5. The van der Waals surface area contributed by atoms with E-state index in [0.29, 0.717) is 24.9 Å². The molecule has 8 nitrogen and oxygen atoms in total. The quantitative estimate of drug-likeness (QED) is 0.751. The second kappa shape index (κ2) is 8.16. The first-order valence-corrected chi connectivity index (χ1v) is 11.2. The summed E-state index contributed by atoms with van der Waals surface area (Å²) >= 11 is 6.28. The second-order valence-electron chi connectivity index (χ2n) is 8.79. The smallest absolute Gasteiger partial charge is 0.434 e. The van der Waals surface area contributed by atoms with E-state index in [0.717, 1.165) is 42.5 Å². The molecule has 0 aliphatic carbocycles. The minimum Gasteiger partial charge on any atom is -0.492 e. The van der Waals surface area contributed by atoms with Crippen molar-refractivity contribution in [3.8, 4) is 11.8 Å². The van der Waals surface area contributed by atoms with Gasteiger partial charge in [0.25, 0.3) is 0 Å². The summed E-state index contributed by atoms with van der Waals surface area (Å²) in [5.41, 5.74) is 2.56. The number of fused-ring (bicyclic) bond motifs is 1. The van der Waals surface area contributed by atoms with Crippen LogP contribution in [0.2, 0.25) is 5.02 Å². The van der Waals surface area contributed by atoms with E-state index in [1.165, 1.54) is 36.2 Å². The molecule has 0 bridgehead atoms. The Bertz CT molecular complexity index is 941. The Kier molecular flexibility index (Phi) is 5.35. The average Bonchev–Trinajstić information content (AvgIpc) is 3.51. The number of nitrogens with zero attached hydrogens (tertiary/aromatic N) is 4. The van der Waals surface area contributed by atoms with Gasteiger partial charge in [-0.15, -0.1) is 4.73 Å². The molecular formula is C22H27ClN4O4. The number of likely N-dealkylation sites (tertiary alicyclic amines) is 2. The van der Waals surface area contributed by atoms with Crippen LogP contribution < -0.4 is 9.74 Å². The summed E-state index contributed by atoms with van der Waals surface area (Å²) in [5.74, 6) is 0.158. The molecule has 3 fully saturated rings. The molecule has 1 aromatic carbocycles. The standard InChI is InChI=1S/C22H27ClN4O4/c23-18-4-3-15(19(9-18)25-7-1-2-8-25)10-24-11-16-13-26(14-17(16)12-24)22(30)31-27-20(28)5-6-21(27)29/h3-6,9,16-17,28-29H,1-2,7-8,10-14H2. The highest BCUT2D eigenvalue weighted by atomic mass is 35.5. The van der Waals surface area contributed by atoms with Gasteiger partial charge in [-0.05, 0) is 42.4 Å². The van der Waals surface area contributed by atoms with Gasteiger partial charge in [0.2, 0.25) is 11.8 Å². The van der Waals surface area contributed by atoms with E-state index in [1.54, 1.807) is 4.90 Å². The van der Waals surface area contributed by atoms with Crippen molar-refractivity contribution < 1.29 is 19.8 Å². The predicted octanol–water partition coefficient (Wildman–Crippen LogP) is 2.77. The van der Waals surface area contributed by atoms with Crippen LogP contribution in [-0.2, 0) is 6.54 Å². The monoisotopic (exact) mass is 446 g/mol. The van der Waals surface area contributed by atoms with Gasteiger partial charge in [-0.3, -0.25) is 4.90 Å². The highest BCUT2D eigenvalue weighted by Crippen LogP contribution is 2.35. The molecule has 5 rings (SSSR count). The lowest BCUT2D eigenvalue weighted by molar-refractivity contribution is 0.0774. The summed E-state index contributed by atoms with van der Waals surface area (Å²) < 4.78 is 0.739. The normalized spacial score (nSPS) is 23.5. The number of aromatic hydroxyl groups is 2. The fourth-order valence-corrected chi connectivity index (χ4v) is 5.33. The molecule has 3 saturated heterocycles. The molecule has 2 aromatic rings. The Labute approximate surface area is 186 Å². The Morgan fingerprint density at radius 3 is 2.29 bits per heavy atom. The Morgan fingerprint density at radius 1 is 1.00 bits per heavy atom. The third-order valence-corrected chi connectivity index (χ3v) is 6.91. The molecule has 2 unspecified atom stereocenters. The zero-order valence-corrected chi connectivity index (χ0v) is 18.0. The van der Waals surface area contributed by atoms with Crippen molar-refractivity contribution >= 4 is 23.4 Å². The zero-order chi connectivity index (χ0) is 21.5. The van der Waals surface area contributed by atoms with Gasteiger partial charge in [-0.1, -0.05) is 17.7 Å². The van der Waals surface area contributed by atoms with Gasteiger partial charge in [0.1, 0.15) is 0 Å². The Hall–Kier alpha value is -2.58. The maximum Gasteiger partial charge on any atom is 0.434 e. The molecule has 1 amide bonds. The Balaban J connectivity index is 1.20. The first-order chi connectivity index (χ1) is 15.0. The molecule has 2 atom stereocenters. The second-order valence-corrected chi connectivity index (χ2v) is 9.22. The number of hydrogen-bond donors (Lipinski definition) is 2. The van der Waals surface area contributed by atoms with E-state index in [4.69, 9.17) is 16.4 Å². The summed E-state index contributed by atoms with van der Waals surface area (Å²) in [6.07, 6.45) is 1.89. The number of amides is 1. The van der Waals surface area contributed by atoms with Crippen LogP contribution in [0.4, 0.5) is 10.5 Å². The molecule has 9 heteroatoms. The number of carbonyl (C=O) groups excluding carboxylic acids is 1. The lowest BCUT2D eigenvalue weighted by Gasteiger charge is -2.25. The molecule has 2 N–H and O–H groups in total. The van der Waals surface area contributed by atoms with E-state index in [9.17, 15) is 15.0 Å². The molecule has 0 spiro atoms. The van der Waals surface area contributed by atoms with Gasteiger partial charge in [-0.25, -0.2) is 4.79 Å². The minimum atomic E-state index is -0.559. The topological polar surface area (TPSA) is 81.4 Å². The molecule has 0 saturated carbocycles. The van der Waals surface area contributed by atoms with Crippen molar-refractivity contribution in [2.24, 2.45) is 11.8 Å². The van der Waals surface area contributed by atoms with E-state index in [-0.39, 0.29) is 11.8 Å². The lowest BCUT2D eigenvalue weighted by atomic mass is 10.0. The summed E-state index contributed by atoms with van der Waals surface area (Å²) in [7, 11) is 0. The highest BCUT2D eigenvalue weighted by molar-refractivity contribution is 6.30. The van der Waals surface area contributed by atoms with Crippen LogP contribution in [0.5, 0.6) is 11.8 Å². The number of benzene rings is 1. The Morgan fingerprint density at radius 2 is 1.65 bits per heavy atom. The van der Waals surface area contributed by atoms with Gasteiger partial charge in [0.15, 0.2) is 0 Å². The molecule has 3 aliphatic rings. The predicted molar refractivity (Wildman–Crippen MR) is 116 cm³/mol. The number of anilines is 1. The van der Waals surface area contributed by atoms with Gasteiger partial charge in [0, 0.05) is 68.7 Å². The number of rotatable bonds is 4. The fourth-order valence-electron chi connectivity index (χ4n) is 5.16. The van der Waals surface area contributed by atoms with Crippen molar-refractivity contribution in [2.75, 3.05) is 44.2 Å². The van der Waals surface area contributed by atoms with E-state index < -0.39 is 6.09 Å². The van der Waals surface area contributed by atoms with Gasteiger partial charge in [-0.2, -0.15) is 0 Å². The molecular weight excluding hydrogens is 420 g/mol. The molecule has 166 valence electrons. The van der Waals surface area contributed by atoms with E-state index in [2.05, 4.69) is 21.9 Å². The van der Waals surface area contributed by atoms with E-state index >= 15 is 0 Å². The molecule has 3 aliphatic heterocycles. The van der Waals surface area contributed by atoms with Crippen LogP contribution in [0.25, 0.3) is 0 Å². The van der Waals surface area contributed by atoms with Crippen LogP contribution in [-0.4, -0.2) is 70.1 Å². The zero-order valence-electron chi connectivity index (χ0n) is 17.3. The SMILES string of the molecule is O=C(On1c(O)ccc1O)N1CC2CN(Cc3ccc(Cl)cc3N3CCCC3)CC2C1. The van der Waals surface area contributed by atoms with Gasteiger partial charge >= 0.3 is 6.09 Å². The van der Waals surface area contributed by atoms with Crippen LogP contribution in [0, 0.1) is 11.8 Å². The highest BCUT2D eigenvalue weighted by Gasteiger charge is 2.42. The molecule has 4 heterocycles. The molecule has 1 aromatic heterocycles. The van der Waals surface area contributed by atoms with Crippen molar-refractivity contribution in [3.63, 3.8) is 0 Å². The minimum absolute atomic E-state index is 0.312. The number of halogens is 1. The average molecular weight is 447 g/mol.